The van der Waals surface area contributed by atoms with Crippen LogP contribution in [-0.2, 0) is 35.3 Å². The van der Waals surface area contributed by atoms with E-state index in [1.54, 1.807) is 21.0 Å². The first kappa shape index (κ1) is 43.5. The zero-order valence-electron chi connectivity index (χ0n) is 27.2. The van der Waals surface area contributed by atoms with Gasteiger partial charge < -0.3 is 29.3 Å². The summed E-state index contributed by atoms with van der Waals surface area (Å²) in [4.78, 5) is 42.0. The van der Waals surface area contributed by atoms with Gasteiger partial charge in [0.15, 0.2) is 0 Å². The zero-order chi connectivity index (χ0) is 33.1. The van der Waals surface area contributed by atoms with Crippen LogP contribution in [0.2, 0.25) is 8.87 Å². The van der Waals surface area contributed by atoms with Gasteiger partial charge in [-0.3, -0.25) is 0 Å². The number of aliphatic carboxylic acids is 2. The molecular formula is C35H54O8Sn. The molecule has 0 bridgehead atoms. The minimum atomic E-state index is -1.42. The van der Waals surface area contributed by atoms with Crippen LogP contribution in [0, 0.1) is 0 Å². The van der Waals surface area contributed by atoms with Crippen molar-refractivity contribution in [2.45, 2.75) is 126 Å². The van der Waals surface area contributed by atoms with Gasteiger partial charge in [-0.05, 0) is 24.1 Å². The Bertz CT molecular complexity index is 893. The van der Waals surface area contributed by atoms with Crippen molar-refractivity contribution < 1.29 is 38.9 Å². The van der Waals surface area contributed by atoms with E-state index >= 15 is 0 Å². The minimum absolute atomic E-state index is 0.122. The van der Waals surface area contributed by atoms with Gasteiger partial charge in [0.1, 0.15) is 6.61 Å². The number of hydrogen-bond acceptors (Lipinski definition) is 8. The second kappa shape index (κ2) is 34.9. The van der Waals surface area contributed by atoms with Gasteiger partial charge in [0.25, 0.3) is 0 Å². The Labute approximate surface area is 275 Å². The predicted molar refractivity (Wildman–Crippen MR) is 173 cm³/mol. The summed E-state index contributed by atoms with van der Waals surface area (Å²) in [6.45, 7) is 7.28. The fourth-order valence-electron chi connectivity index (χ4n) is 3.59. The van der Waals surface area contributed by atoms with Crippen molar-refractivity contribution in [2.75, 3.05) is 6.61 Å². The third-order valence-electron chi connectivity index (χ3n) is 6.09. The molecule has 0 atom stereocenters. The van der Waals surface area contributed by atoms with Crippen LogP contribution in [0.4, 0.5) is 0 Å². The molecule has 0 N–H and O–H groups in total. The van der Waals surface area contributed by atoms with Gasteiger partial charge in [0.2, 0.25) is 0 Å². The Morgan fingerprint density at radius 2 is 1.02 bits per heavy atom. The molecule has 9 heteroatoms. The van der Waals surface area contributed by atoms with Crippen molar-refractivity contribution in [1.29, 1.82) is 0 Å². The number of rotatable bonds is 23. The number of hydrogen-bond donors (Lipinski definition) is 0. The maximum atomic E-state index is 11.0. The van der Waals surface area contributed by atoms with Gasteiger partial charge in [0, 0.05) is 12.2 Å². The zero-order valence-corrected chi connectivity index (χ0v) is 30.0. The van der Waals surface area contributed by atoms with Crippen LogP contribution in [-0.4, -0.2) is 51.6 Å². The molecule has 0 radical (unpaired) electrons. The number of benzene rings is 1. The Kier molecular flexibility index (Phi) is 34.5. The fourth-order valence-corrected chi connectivity index (χ4v) is 7.75. The molecule has 44 heavy (non-hydrogen) atoms. The van der Waals surface area contributed by atoms with Gasteiger partial charge in [-0.15, -0.1) is 0 Å². The third kappa shape index (κ3) is 37.4. The summed E-state index contributed by atoms with van der Waals surface area (Å²) in [5.74, 6) is -4.14. The second-order valence-electron chi connectivity index (χ2n) is 10.2. The molecule has 0 aliphatic heterocycles. The van der Waals surface area contributed by atoms with Crippen molar-refractivity contribution in [1.82, 2.24) is 0 Å². The van der Waals surface area contributed by atoms with Gasteiger partial charge in [-0.1, -0.05) is 95.0 Å². The van der Waals surface area contributed by atoms with E-state index in [9.17, 15) is 29.4 Å². The molecule has 0 aliphatic carbocycles. The van der Waals surface area contributed by atoms with Crippen molar-refractivity contribution in [3.05, 3.63) is 60.2 Å². The first-order chi connectivity index (χ1) is 21.3. The van der Waals surface area contributed by atoms with Crippen molar-refractivity contribution >= 4 is 45.0 Å². The predicted octanol–water partition coefficient (Wildman–Crippen LogP) is 5.92. The fraction of sp³-hybridized carbons (Fsp3) is 0.600. The molecule has 0 aromatic heterocycles. The van der Waals surface area contributed by atoms with E-state index in [0.717, 1.165) is 30.6 Å². The number of carbonyl (C=O) groups is 4. The molecule has 8 nitrogen and oxygen atoms in total. The standard InChI is InChI=1S/C16H28O4.C11H10O4.2C4H9.Sn/c1-2-3-4-5-6-7-8-9-10-11-14-20-16(19)13-12-15(17)18;12-10(13)6-7-11(14)15-8-9-4-2-1-3-5-9;2*1-3-4-2;/h12-13H,2-11,14H2,1H3,(H,17,18);1-7H,8H2,(H,12,13);2*1,3-4H2,2H3;/q;;;;+2/p-2/b13-12-;7-6-;;;. The number of carbonyl (C=O) groups excluding carboxylic acids is 4. The number of esters is 2. The molecule has 0 heterocycles. The van der Waals surface area contributed by atoms with Crippen LogP contribution in [0.15, 0.2) is 54.6 Å². The third-order valence-corrected chi connectivity index (χ3v) is 10.1. The van der Waals surface area contributed by atoms with Crippen molar-refractivity contribution in [3.8, 4) is 0 Å². The van der Waals surface area contributed by atoms with Crippen LogP contribution in [0.5, 0.6) is 0 Å². The Hall–Kier alpha value is -2.62. The van der Waals surface area contributed by atoms with Gasteiger partial charge >= 0.3 is 81.5 Å². The topological polar surface area (TPSA) is 133 Å². The van der Waals surface area contributed by atoms with E-state index in [4.69, 9.17) is 9.47 Å². The summed E-state index contributed by atoms with van der Waals surface area (Å²) in [5, 5.41) is 20.0. The Balaban J connectivity index is 0. The van der Waals surface area contributed by atoms with Crippen LogP contribution in [0.25, 0.3) is 0 Å². The maximum Gasteiger partial charge on any atom is 0.331 e. The molecule has 246 valence electrons. The quantitative estimate of drug-likeness (QED) is 0.0589. The SMILES string of the molecule is CCCCCCCCCCCCOC(=O)/C=C\C(=O)[O-].CCC[CH2][Sn+2][CH2]CCC.O=C([O-])/C=C\C(=O)OCc1ccccc1. The summed E-state index contributed by atoms with van der Waals surface area (Å²) < 4.78 is 12.9. The van der Waals surface area contributed by atoms with Crippen molar-refractivity contribution in [3.63, 3.8) is 0 Å². The smallest absolute Gasteiger partial charge is 0.331 e. The molecular weight excluding hydrogens is 667 g/mol. The normalized spacial score (nSPS) is 10.2. The molecule has 1 rings (SSSR count). The van der Waals surface area contributed by atoms with Crippen LogP contribution < -0.4 is 10.2 Å². The van der Waals surface area contributed by atoms with Crippen LogP contribution in [0.3, 0.4) is 0 Å². The van der Waals surface area contributed by atoms with E-state index in [0.29, 0.717) is 18.8 Å². The number of ether oxygens (including phenoxy) is 2. The van der Waals surface area contributed by atoms with E-state index in [1.807, 2.05) is 18.2 Å². The number of carboxylic acid groups (broad SMARTS) is 2. The molecule has 0 amide bonds. The Morgan fingerprint density at radius 3 is 1.48 bits per heavy atom. The summed E-state index contributed by atoms with van der Waals surface area (Å²) in [5.41, 5.74) is 0.840. The molecule has 0 saturated heterocycles. The monoisotopic (exact) mass is 722 g/mol. The minimum Gasteiger partial charge on any atom is -0.545 e. The van der Waals surface area contributed by atoms with Crippen LogP contribution >= 0.6 is 0 Å². The average molecular weight is 722 g/mol. The second-order valence-corrected chi connectivity index (χ2v) is 14.5. The van der Waals surface area contributed by atoms with E-state index < -0.39 is 23.9 Å². The first-order valence-electron chi connectivity index (χ1n) is 16.1. The number of carboxylic acids is 2. The molecule has 0 aliphatic rings. The number of unbranched alkanes of at least 4 members (excludes halogenated alkanes) is 11. The largest absolute Gasteiger partial charge is 0.545 e. The summed E-state index contributed by atoms with van der Waals surface area (Å²) in [7, 11) is 0. The summed E-state index contributed by atoms with van der Waals surface area (Å²) >= 11 is 0.149. The molecule has 0 fully saturated rings. The summed E-state index contributed by atoms with van der Waals surface area (Å²) in [6, 6.07) is 9.09. The van der Waals surface area contributed by atoms with Crippen molar-refractivity contribution in [2.24, 2.45) is 0 Å². The van der Waals surface area contributed by atoms with E-state index in [2.05, 4.69) is 20.8 Å². The van der Waals surface area contributed by atoms with Gasteiger partial charge in [-0.25, -0.2) is 9.59 Å². The molecule has 0 spiro atoms. The maximum absolute atomic E-state index is 11.0. The molecule has 1 aromatic carbocycles. The summed E-state index contributed by atoms with van der Waals surface area (Å²) in [6.07, 6.45) is 21.1. The van der Waals surface area contributed by atoms with Crippen LogP contribution in [0.1, 0.15) is 116 Å². The van der Waals surface area contributed by atoms with E-state index in [1.165, 1.54) is 77.0 Å². The molecule has 0 unspecified atom stereocenters. The molecule has 0 saturated carbocycles. The van der Waals surface area contributed by atoms with Gasteiger partial charge in [0.05, 0.1) is 18.5 Å². The Morgan fingerprint density at radius 1 is 0.591 bits per heavy atom. The molecule has 1 aromatic rings. The van der Waals surface area contributed by atoms with E-state index in [-0.39, 0.29) is 27.7 Å². The average Bonchev–Trinajstić information content (AvgIpc) is 3.01. The van der Waals surface area contributed by atoms with Gasteiger partial charge in [-0.2, -0.15) is 0 Å². The first-order valence-corrected chi connectivity index (χ1v) is 20.2.